The van der Waals surface area contributed by atoms with Crippen LogP contribution in [0.4, 0.5) is 11.4 Å². The first-order valence-electron chi connectivity index (χ1n) is 11.5. The molecule has 2 aliphatic heterocycles. The number of hydrogen-bond acceptors (Lipinski definition) is 4. The first kappa shape index (κ1) is 21.0. The lowest BCUT2D eigenvalue weighted by atomic mass is 9.89. The molecular formula is C29H22N2O4. The highest BCUT2D eigenvalue weighted by Crippen LogP contribution is 2.55. The first-order valence-corrected chi connectivity index (χ1v) is 11.5. The fourth-order valence-corrected chi connectivity index (χ4v) is 5.28. The van der Waals surface area contributed by atoms with Gasteiger partial charge in [-0.25, -0.2) is 0 Å². The van der Waals surface area contributed by atoms with Crippen molar-refractivity contribution in [1.82, 2.24) is 0 Å². The summed E-state index contributed by atoms with van der Waals surface area (Å²) in [6.07, 6.45) is 0. The number of amides is 2. The van der Waals surface area contributed by atoms with Crippen molar-refractivity contribution in [2.24, 2.45) is 0 Å². The average Bonchev–Trinajstić information content (AvgIpc) is 3.30. The molecular weight excluding hydrogens is 440 g/mol. The number of fused-ring (bicyclic) bond motifs is 4. The highest BCUT2D eigenvalue weighted by Gasteiger charge is 2.62. The molecule has 2 amide bonds. The largest absolute Gasteiger partial charge is 0.508 e. The van der Waals surface area contributed by atoms with Crippen LogP contribution >= 0.6 is 0 Å². The number of benzene rings is 4. The van der Waals surface area contributed by atoms with Gasteiger partial charge in [-0.15, -0.1) is 0 Å². The second kappa shape index (κ2) is 7.74. The second-order valence-electron chi connectivity index (χ2n) is 8.49. The van der Waals surface area contributed by atoms with Crippen molar-refractivity contribution < 1.29 is 19.4 Å². The smallest absolute Gasteiger partial charge is 0.261 e. The third-order valence-electron chi connectivity index (χ3n) is 6.63. The van der Waals surface area contributed by atoms with Gasteiger partial charge in [0.25, 0.3) is 11.8 Å². The lowest BCUT2D eigenvalue weighted by molar-refractivity contribution is 0.0961. The van der Waals surface area contributed by atoms with Crippen LogP contribution in [0, 0.1) is 0 Å². The molecule has 0 fully saturated rings. The van der Waals surface area contributed by atoms with Gasteiger partial charge in [0, 0.05) is 33.6 Å². The summed E-state index contributed by atoms with van der Waals surface area (Å²) in [7, 11) is 0. The Morgan fingerprint density at radius 3 is 1.63 bits per heavy atom. The van der Waals surface area contributed by atoms with Gasteiger partial charge < -0.3 is 9.84 Å². The van der Waals surface area contributed by atoms with Gasteiger partial charge in [-0.1, -0.05) is 36.4 Å². The molecule has 172 valence electrons. The fourth-order valence-electron chi connectivity index (χ4n) is 5.28. The molecule has 35 heavy (non-hydrogen) atoms. The minimum absolute atomic E-state index is 0.0956. The van der Waals surface area contributed by atoms with E-state index in [1.165, 1.54) is 0 Å². The van der Waals surface area contributed by atoms with Gasteiger partial charge in [0.1, 0.15) is 11.5 Å². The van der Waals surface area contributed by atoms with Gasteiger partial charge in [-0.3, -0.25) is 19.4 Å². The summed E-state index contributed by atoms with van der Waals surface area (Å²) in [5.74, 6) is 0.385. The van der Waals surface area contributed by atoms with Gasteiger partial charge in [-0.2, -0.15) is 0 Å². The molecule has 2 aliphatic rings. The minimum Gasteiger partial charge on any atom is -0.508 e. The van der Waals surface area contributed by atoms with Crippen molar-refractivity contribution in [3.8, 4) is 11.5 Å². The summed E-state index contributed by atoms with van der Waals surface area (Å²) in [5.41, 5.74) is 2.50. The maximum atomic E-state index is 14.0. The Morgan fingerprint density at radius 1 is 0.686 bits per heavy atom. The molecule has 6 heteroatoms. The molecule has 6 rings (SSSR count). The van der Waals surface area contributed by atoms with Crippen molar-refractivity contribution >= 4 is 23.2 Å². The molecule has 6 nitrogen and oxygen atoms in total. The number of carbonyl (C=O) groups excluding carboxylic acids is 2. The number of hydrogen-bond donors (Lipinski definition) is 1. The molecule has 1 atom stereocenters. The molecule has 1 unspecified atom stereocenters. The molecule has 0 bridgehead atoms. The van der Waals surface area contributed by atoms with Crippen molar-refractivity contribution in [2.75, 3.05) is 16.4 Å². The van der Waals surface area contributed by atoms with E-state index < -0.39 is 5.66 Å². The van der Waals surface area contributed by atoms with Crippen LogP contribution in [0.25, 0.3) is 0 Å². The zero-order valence-electron chi connectivity index (χ0n) is 19.0. The van der Waals surface area contributed by atoms with Gasteiger partial charge >= 0.3 is 0 Å². The SMILES string of the molecule is CCOc1ccc(N2C(=O)c3ccccc3C23c2ccccc2C(=O)N3c2ccc(O)cc2)cc1. The predicted molar refractivity (Wildman–Crippen MR) is 133 cm³/mol. The Balaban J connectivity index is 1.68. The molecule has 4 aromatic rings. The number of nitrogens with zero attached hydrogens (tertiary/aromatic N) is 2. The monoisotopic (exact) mass is 462 g/mol. The van der Waals surface area contributed by atoms with Crippen LogP contribution in [-0.2, 0) is 5.66 Å². The normalized spacial score (nSPS) is 18.2. The van der Waals surface area contributed by atoms with Crippen LogP contribution in [0.1, 0.15) is 38.8 Å². The molecule has 1 N–H and O–H groups in total. The highest BCUT2D eigenvalue weighted by atomic mass is 16.5. The van der Waals surface area contributed by atoms with E-state index in [0.717, 1.165) is 11.1 Å². The Hall–Kier alpha value is -4.58. The third-order valence-corrected chi connectivity index (χ3v) is 6.63. The van der Waals surface area contributed by atoms with Crippen LogP contribution in [-0.4, -0.2) is 23.5 Å². The third kappa shape index (κ3) is 2.83. The first-order chi connectivity index (χ1) is 17.1. The summed E-state index contributed by atoms with van der Waals surface area (Å²) in [6.45, 7) is 2.45. The van der Waals surface area contributed by atoms with Crippen LogP contribution in [0.3, 0.4) is 0 Å². The van der Waals surface area contributed by atoms with Crippen LogP contribution in [0.5, 0.6) is 11.5 Å². The van der Waals surface area contributed by atoms with E-state index in [1.54, 1.807) is 46.2 Å². The summed E-state index contributed by atoms with van der Waals surface area (Å²) in [4.78, 5) is 31.4. The molecule has 0 saturated carbocycles. The zero-order chi connectivity index (χ0) is 24.2. The molecule has 0 saturated heterocycles. The van der Waals surface area contributed by atoms with Crippen molar-refractivity contribution in [3.05, 3.63) is 119 Å². The number of carbonyl (C=O) groups is 2. The zero-order valence-corrected chi connectivity index (χ0v) is 19.0. The van der Waals surface area contributed by atoms with Gasteiger partial charge in [0.2, 0.25) is 0 Å². The Morgan fingerprint density at radius 2 is 1.14 bits per heavy atom. The average molecular weight is 463 g/mol. The lowest BCUT2D eigenvalue weighted by Crippen LogP contribution is -2.56. The van der Waals surface area contributed by atoms with Gasteiger partial charge in [-0.05, 0) is 67.6 Å². The van der Waals surface area contributed by atoms with Crippen molar-refractivity contribution in [2.45, 2.75) is 12.6 Å². The number of rotatable bonds is 4. The number of ether oxygens (including phenoxy) is 1. The summed E-state index contributed by atoms with van der Waals surface area (Å²) in [6, 6.07) is 28.7. The molecule has 4 aromatic carbocycles. The van der Waals surface area contributed by atoms with Gasteiger partial charge in [0.05, 0.1) is 6.61 Å². The topological polar surface area (TPSA) is 70.1 Å². The number of phenolic OH excluding ortho intramolecular Hbond substituents is 1. The maximum Gasteiger partial charge on any atom is 0.261 e. The van der Waals surface area contributed by atoms with E-state index in [-0.39, 0.29) is 17.6 Å². The Kier molecular flexibility index (Phi) is 4.64. The van der Waals surface area contributed by atoms with E-state index in [9.17, 15) is 14.7 Å². The maximum absolute atomic E-state index is 14.0. The van der Waals surface area contributed by atoms with E-state index in [4.69, 9.17) is 4.74 Å². The Labute approximate surface area is 202 Å². The van der Waals surface area contributed by atoms with Gasteiger partial charge in [0.15, 0.2) is 5.66 Å². The Bertz CT molecular complexity index is 1450. The predicted octanol–water partition coefficient (Wildman–Crippen LogP) is 5.31. The van der Waals surface area contributed by atoms with Crippen LogP contribution in [0.15, 0.2) is 97.1 Å². The second-order valence-corrected chi connectivity index (χ2v) is 8.49. The van der Waals surface area contributed by atoms with E-state index in [2.05, 4.69) is 0 Å². The number of aromatic hydroxyl groups is 1. The van der Waals surface area contributed by atoms with Crippen LogP contribution < -0.4 is 14.5 Å². The highest BCUT2D eigenvalue weighted by molar-refractivity contribution is 6.21. The van der Waals surface area contributed by atoms with E-state index >= 15 is 0 Å². The standard InChI is InChI=1S/C29H22N2O4/c1-2-35-22-17-13-20(14-18-22)31-28(34)24-8-4-6-10-26(24)29(31)25-9-5-3-7-23(25)27(33)30(29)19-11-15-21(32)16-12-19/h3-18,32H,2H2,1H3. The van der Waals surface area contributed by atoms with Crippen LogP contribution in [0.2, 0.25) is 0 Å². The molecule has 0 aromatic heterocycles. The van der Waals surface area contributed by atoms with E-state index in [0.29, 0.717) is 34.9 Å². The fraction of sp³-hybridized carbons (Fsp3) is 0.103. The summed E-state index contributed by atoms with van der Waals surface area (Å²) < 4.78 is 5.61. The summed E-state index contributed by atoms with van der Waals surface area (Å²) in [5, 5.41) is 9.92. The molecule has 0 aliphatic carbocycles. The number of anilines is 2. The molecule has 1 spiro atoms. The molecule has 2 heterocycles. The number of phenols is 1. The van der Waals surface area contributed by atoms with Crippen molar-refractivity contribution in [3.63, 3.8) is 0 Å². The minimum atomic E-state index is -1.23. The van der Waals surface area contributed by atoms with Crippen molar-refractivity contribution in [1.29, 1.82) is 0 Å². The molecule has 0 radical (unpaired) electrons. The summed E-state index contributed by atoms with van der Waals surface area (Å²) >= 11 is 0. The van der Waals surface area contributed by atoms with E-state index in [1.807, 2.05) is 67.6 Å². The lowest BCUT2D eigenvalue weighted by Gasteiger charge is -2.43. The quantitative estimate of drug-likeness (QED) is 0.446.